The van der Waals surface area contributed by atoms with E-state index >= 15 is 0 Å². The van der Waals surface area contributed by atoms with Gasteiger partial charge in [-0.15, -0.1) is 0 Å². The second kappa shape index (κ2) is 8.17. The lowest BCUT2D eigenvalue weighted by molar-refractivity contribution is 0.0529. The molecule has 0 aliphatic carbocycles. The minimum atomic E-state index is -0.122. The fraction of sp³-hybridized carbons (Fsp3) is 0.348. The van der Waals surface area contributed by atoms with Crippen LogP contribution in [0.2, 0.25) is 0 Å². The summed E-state index contributed by atoms with van der Waals surface area (Å²) in [6.45, 7) is 8.82. The third kappa shape index (κ3) is 4.38. The zero-order chi connectivity index (χ0) is 20.4. The van der Waals surface area contributed by atoms with Gasteiger partial charge in [0.15, 0.2) is 0 Å². The Morgan fingerprint density at radius 2 is 2.10 bits per heavy atom. The number of aryl methyl sites for hydroxylation is 2. The summed E-state index contributed by atoms with van der Waals surface area (Å²) < 4.78 is 5.58. The first-order chi connectivity index (χ1) is 14.0. The Hall–Kier alpha value is -2.99. The van der Waals surface area contributed by atoms with Crippen molar-refractivity contribution >= 4 is 22.6 Å². The number of rotatable bonds is 4. The van der Waals surface area contributed by atoms with Gasteiger partial charge in [-0.2, -0.15) is 0 Å². The van der Waals surface area contributed by atoms with Crippen LogP contribution in [0.25, 0.3) is 10.9 Å². The highest BCUT2D eigenvalue weighted by Crippen LogP contribution is 2.19. The van der Waals surface area contributed by atoms with Crippen LogP contribution in [0.15, 0.2) is 42.6 Å². The van der Waals surface area contributed by atoms with Crippen LogP contribution in [0.1, 0.15) is 34.1 Å². The lowest BCUT2D eigenvalue weighted by Crippen LogP contribution is -2.41. The first kappa shape index (κ1) is 19.3. The van der Waals surface area contributed by atoms with Gasteiger partial charge in [-0.1, -0.05) is 18.2 Å². The zero-order valence-corrected chi connectivity index (χ0v) is 17.1. The maximum absolute atomic E-state index is 12.7. The van der Waals surface area contributed by atoms with Crippen LogP contribution < -0.4 is 10.2 Å². The molecule has 6 heteroatoms. The summed E-state index contributed by atoms with van der Waals surface area (Å²) in [6, 6.07) is 12.0. The number of carbonyl (C=O) groups excluding carboxylic acids is 1. The van der Waals surface area contributed by atoms with E-state index in [-0.39, 0.29) is 12.0 Å². The van der Waals surface area contributed by atoms with Gasteiger partial charge in [0.05, 0.1) is 29.5 Å². The number of benzene rings is 1. The summed E-state index contributed by atoms with van der Waals surface area (Å²) in [6.07, 6.45) is 2.04. The number of amides is 1. The highest BCUT2D eigenvalue weighted by Gasteiger charge is 2.18. The topological polar surface area (TPSA) is 67.4 Å². The summed E-state index contributed by atoms with van der Waals surface area (Å²) in [5.41, 5.74) is 4.37. The van der Waals surface area contributed by atoms with E-state index in [0.717, 1.165) is 53.2 Å². The fourth-order valence-corrected chi connectivity index (χ4v) is 3.62. The molecule has 29 heavy (non-hydrogen) atoms. The molecule has 1 aliphatic heterocycles. The van der Waals surface area contributed by atoms with Crippen LogP contribution in [0.3, 0.4) is 0 Å². The molecular formula is C23H26N4O2. The molecular weight excluding hydrogens is 364 g/mol. The highest BCUT2D eigenvalue weighted by molar-refractivity contribution is 5.98. The van der Waals surface area contributed by atoms with E-state index in [9.17, 15) is 4.79 Å². The largest absolute Gasteiger partial charge is 0.375 e. The maximum atomic E-state index is 12.7. The van der Waals surface area contributed by atoms with E-state index in [4.69, 9.17) is 4.74 Å². The van der Waals surface area contributed by atoms with Gasteiger partial charge in [0.25, 0.3) is 5.91 Å². The van der Waals surface area contributed by atoms with Crippen LogP contribution >= 0.6 is 0 Å². The van der Waals surface area contributed by atoms with Gasteiger partial charge in [-0.25, -0.2) is 4.98 Å². The predicted molar refractivity (Wildman–Crippen MR) is 114 cm³/mol. The minimum Gasteiger partial charge on any atom is -0.375 e. The Morgan fingerprint density at radius 3 is 2.86 bits per heavy atom. The smallest absolute Gasteiger partial charge is 0.253 e. The summed E-state index contributed by atoms with van der Waals surface area (Å²) in [7, 11) is 0. The number of pyridine rings is 2. The molecule has 3 aromatic rings. The Kier molecular flexibility index (Phi) is 5.45. The molecule has 4 rings (SSSR count). The Balaban J connectivity index is 1.42. The molecule has 6 nitrogen and oxygen atoms in total. The standard InChI is InChI=1S/C23H26N4O2/c1-15-4-6-19-11-20(17(3)26-21(19)10-15)23(28)25-13-18-5-7-22(24-12-18)27-8-9-29-16(2)14-27/h4-7,10-12,16H,8-9,13-14H2,1-3H3,(H,25,28). The molecule has 1 aromatic carbocycles. The van der Waals surface area contributed by atoms with Gasteiger partial charge in [0.1, 0.15) is 5.82 Å². The molecule has 0 saturated carbocycles. The molecule has 2 aromatic heterocycles. The maximum Gasteiger partial charge on any atom is 0.253 e. The molecule has 1 fully saturated rings. The summed E-state index contributed by atoms with van der Waals surface area (Å²) in [5.74, 6) is 0.823. The molecule has 1 amide bonds. The number of ether oxygens (including phenoxy) is 1. The number of anilines is 1. The van der Waals surface area contributed by atoms with E-state index in [1.807, 2.05) is 56.4 Å². The van der Waals surface area contributed by atoms with Crippen molar-refractivity contribution in [3.05, 3.63) is 65.0 Å². The summed E-state index contributed by atoms with van der Waals surface area (Å²) >= 11 is 0. The fourth-order valence-electron chi connectivity index (χ4n) is 3.62. The van der Waals surface area contributed by atoms with Crippen LogP contribution in [0, 0.1) is 13.8 Å². The number of carbonyl (C=O) groups is 1. The van der Waals surface area contributed by atoms with Crippen LogP contribution in [0.5, 0.6) is 0 Å². The average molecular weight is 390 g/mol. The molecule has 0 spiro atoms. The normalized spacial score (nSPS) is 16.8. The number of aromatic nitrogens is 2. The molecule has 0 radical (unpaired) electrons. The lowest BCUT2D eigenvalue weighted by Gasteiger charge is -2.32. The van der Waals surface area contributed by atoms with E-state index in [1.54, 1.807) is 0 Å². The number of hydrogen-bond donors (Lipinski definition) is 1. The summed E-state index contributed by atoms with van der Waals surface area (Å²) in [5, 5.41) is 3.96. The van der Waals surface area contributed by atoms with Crippen molar-refractivity contribution in [2.45, 2.75) is 33.4 Å². The monoisotopic (exact) mass is 390 g/mol. The lowest BCUT2D eigenvalue weighted by atomic mass is 10.1. The third-order valence-electron chi connectivity index (χ3n) is 5.24. The van der Waals surface area contributed by atoms with Gasteiger partial charge in [-0.3, -0.25) is 9.78 Å². The quantitative estimate of drug-likeness (QED) is 0.740. The zero-order valence-electron chi connectivity index (χ0n) is 17.1. The van der Waals surface area contributed by atoms with E-state index in [2.05, 4.69) is 27.1 Å². The van der Waals surface area contributed by atoms with Crippen molar-refractivity contribution < 1.29 is 9.53 Å². The number of nitrogens with one attached hydrogen (secondary N) is 1. The molecule has 3 heterocycles. The van der Waals surface area contributed by atoms with Crippen molar-refractivity contribution in [1.82, 2.24) is 15.3 Å². The Labute approximate surface area is 170 Å². The van der Waals surface area contributed by atoms with Gasteiger partial charge in [0.2, 0.25) is 0 Å². The van der Waals surface area contributed by atoms with Crippen molar-refractivity contribution in [1.29, 1.82) is 0 Å². The van der Waals surface area contributed by atoms with Crippen LogP contribution in [-0.4, -0.2) is 41.7 Å². The summed E-state index contributed by atoms with van der Waals surface area (Å²) in [4.78, 5) is 24.1. The molecule has 1 N–H and O–H groups in total. The van der Waals surface area contributed by atoms with Crippen molar-refractivity contribution in [3.63, 3.8) is 0 Å². The first-order valence-electron chi connectivity index (χ1n) is 9.97. The number of morpholine rings is 1. The minimum absolute atomic E-state index is 0.122. The van der Waals surface area contributed by atoms with Crippen molar-refractivity contribution in [3.8, 4) is 0 Å². The van der Waals surface area contributed by atoms with Crippen molar-refractivity contribution in [2.24, 2.45) is 0 Å². The Morgan fingerprint density at radius 1 is 1.24 bits per heavy atom. The van der Waals surface area contributed by atoms with E-state index in [0.29, 0.717) is 12.1 Å². The highest BCUT2D eigenvalue weighted by atomic mass is 16.5. The Bertz CT molecular complexity index is 1030. The molecule has 1 saturated heterocycles. The molecule has 1 atom stereocenters. The van der Waals surface area contributed by atoms with Crippen molar-refractivity contribution in [2.75, 3.05) is 24.6 Å². The molecule has 150 valence electrons. The van der Waals surface area contributed by atoms with Gasteiger partial charge in [0, 0.05) is 31.2 Å². The second-order valence-corrected chi connectivity index (χ2v) is 7.65. The first-order valence-corrected chi connectivity index (χ1v) is 9.97. The average Bonchev–Trinajstić information content (AvgIpc) is 2.72. The SMILES string of the molecule is Cc1ccc2cc(C(=O)NCc3ccc(N4CCOC(C)C4)nc3)c(C)nc2c1. The van der Waals surface area contributed by atoms with E-state index in [1.165, 1.54) is 0 Å². The van der Waals surface area contributed by atoms with Gasteiger partial charge >= 0.3 is 0 Å². The van der Waals surface area contributed by atoms with E-state index < -0.39 is 0 Å². The van der Waals surface area contributed by atoms with Gasteiger partial charge in [-0.05, 0) is 50.1 Å². The molecule has 1 aliphatic rings. The molecule has 1 unspecified atom stereocenters. The number of fused-ring (bicyclic) bond motifs is 1. The third-order valence-corrected chi connectivity index (χ3v) is 5.24. The van der Waals surface area contributed by atoms with Gasteiger partial charge < -0.3 is 15.0 Å². The second-order valence-electron chi connectivity index (χ2n) is 7.65. The molecule has 0 bridgehead atoms. The van der Waals surface area contributed by atoms with Crippen LogP contribution in [0.4, 0.5) is 5.82 Å². The number of hydrogen-bond acceptors (Lipinski definition) is 5. The predicted octanol–water partition coefficient (Wildman–Crippen LogP) is 3.40. The van der Waals surface area contributed by atoms with Crippen LogP contribution in [-0.2, 0) is 11.3 Å². The number of nitrogens with zero attached hydrogens (tertiary/aromatic N) is 3.